The summed E-state index contributed by atoms with van der Waals surface area (Å²) in [5.41, 5.74) is 2.27. The van der Waals surface area contributed by atoms with E-state index in [9.17, 15) is 9.90 Å². The van der Waals surface area contributed by atoms with E-state index in [1.54, 1.807) is 51.2 Å². The number of carboxylic acid groups (broad SMARTS) is 1. The Hall–Kier alpha value is -2.02. The van der Waals surface area contributed by atoms with Crippen LogP contribution in [0.3, 0.4) is 0 Å². The molecule has 2 aromatic heterocycles. The van der Waals surface area contributed by atoms with E-state index in [0.29, 0.717) is 22.4 Å². The van der Waals surface area contributed by atoms with Gasteiger partial charge in [0.25, 0.3) is 0 Å². The predicted molar refractivity (Wildman–Crippen MR) is 123 cm³/mol. The van der Waals surface area contributed by atoms with Crippen LogP contribution in [0.4, 0.5) is 4.39 Å². The summed E-state index contributed by atoms with van der Waals surface area (Å²) in [4.78, 5) is 19.2. The quantitative estimate of drug-likeness (QED) is 0.459. The molecule has 2 heterocycles. The van der Waals surface area contributed by atoms with E-state index in [4.69, 9.17) is 21.3 Å². The van der Waals surface area contributed by atoms with Crippen molar-refractivity contribution in [2.75, 3.05) is 0 Å². The normalized spacial score (nSPS) is 15.2. The summed E-state index contributed by atoms with van der Waals surface area (Å²) in [6, 6.07) is 4.52. The number of pyridine rings is 1. The van der Waals surface area contributed by atoms with Crippen LogP contribution in [0, 0.1) is 12.7 Å². The molecule has 4 rings (SSSR count). The second kappa shape index (κ2) is 8.15. The fourth-order valence-corrected chi connectivity index (χ4v) is 5.77. The third-order valence-electron chi connectivity index (χ3n) is 5.49. The number of fused-ring (bicyclic) bond motifs is 3. The van der Waals surface area contributed by atoms with Gasteiger partial charge in [-0.15, -0.1) is 11.3 Å². The second-order valence-corrected chi connectivity index (χ2v) is 10.5. The van der Waals surface area contributed by atoms with E-state index in [1.165, 1.54) is 10.9 Å². The van der Waals surface area contributed by atoms with E-state index in [-0.39, 0.29) is 5.02 Å². The first kappa shape index (κ1) is 22.2. The molecule has 0 fully saturated rings. The molecule has 1 unspecified atom stereocenters. The number of aryl methyl sites for hydroxylation is 3. The van der Waals surface area contributed by atoms with Crippen molar-refractivity contribution in [1.82, 2.24) is 4.98 Å². The summed E-state index contributed by atoms with van der Waals surface area (Å²) < 4.78 is 21.2. The van der Waals surface area contributed by atoms with Gasteiger partial charge in [0.05, 0.1) is 5.60 Å². The Labute approximate surface area is 190 Å². The SMILES string of the molecule is Cc1nc2sc3c(c2c(-c2ccc(Cl)cc2F)c1C(OC(C)(C)C)C(=O)O)CCCC3. The number of benzene rings is 1. The van der Waals surface area contributed by atoms with Crippen molar-refractivity contribution >= 4 is 39.1 Å². The van der Waals surface area contributed by atoms with Crippen LogP contribution in [0.25, 0.3) is 21.3 Å². The minimum atomic E-state index is -1.28. The van der Waals surface area contributed by atoms with Crippen LogP contribution in [0.15, 0.2) is 18.2 Å². The zero-order chi connectivity index (χ0) is 22.5. The van der Waals surface area contributed by atoms with Crippen molar-refractivity contribution in [3.05, 3.63) is 50.7 Å². The van der Waals surface area contributed by atoms with Crippen molar-refractivity contribution in [2.24, 2.45) is 0 Å². The van der Waals surface area contributed by atoms with Crippen LogP contribution in [-0.4, -0.2) is 21.7 Å². The Bertz CT molecular complexity index is 1180. The number of rotatable bonds is 4. The lowest BCUT2D eigenvalue weighted by atomic mass is 9.87. The average Bonchev–Trinajstić information content (AvgIpc) is 3.02. The number of halogens is 2. The summed E-state index contributed by atoms with van der Waals surface area (Å²) in [6.07, 6.45) is 2.72. The molecular weight excluding hydrogens is 437 g/mol. The fraction of sp³-hybridized carbons (Fsp3) is 0.417. The van der Waals surface area contributed by atoms with Gasteiger partial charge in [-0.05, 0) is 77.1 Å². The van der Waals surface area contributed by atoms with Crippen LogP contribution in [-0.2, 0) is 22.4 Å². The summed E-state index contributed by atoms with van der Waals surface area (Å²) in [5.74, 6) is -1.62. The molecule has 7 heteroatoms. The maximum Gasteiger partial charge on any atom is 0.337 e. The molecular formula is C24H25ClFNO3S. The number of aromatic nitrogens is 1. The second-order valence-electron chi connectivity index (χ2n) is 8.95. The van der Waals surface area contributed by atoms with E-state index in [0.717, 1.165) is 41.5 Å². The van der Waals surface area contributed by atoms with Crippen LogP contribution in [0.1, 0.15) is 61.4 Å². The van der Waals surface area contributed by atoms with Gasteiger partial charge in [0.15, 0.2) is 6.10 Å². The number of carboxylic acids is 1. The summed E-state index contributed by atoms with van der Waals surface area (Å²) in [5, 5.41) is 11.2. The summed E-state index contributed by atoms with van der Waals surface area (Å²) in [6.45, 7) is 7.18. The van der Waals surface area contributed by atoms with Gasteiger partial charge in [-0.25, -0.2) is 14.2 Å². The Kier molecular flexibility index (Phi) is 5.83. The number of ether oxygens (including phenoxy) is 1. The fourth-order valence-electron chi connectivity index (χ4n) is 4.30. The maximum absolute atomic E-state index is 15.2. The zero-order valence-corrected chi connectivity index (χ0v) is 19.6. The van der Waals surface area contributed by atoms with E-state index in [1.807, 2.05) is 0 Å². The third kappa shape index (κ3) is 4.21. The van der Waals surface area contributed by atoms with Crippen LogP contribution >= 0.6 is 22.9 Å². The van der Waals surface area contributed by atoms with Gasteiger partial charge in [-0.2, -0.15) is 0 Å². The first-order chi connectivity index (χ1) is 14.6. The van der Waals surface area contributed by atoms with Gasteiger partial charge in [0.1, 0.15) is 10.6 Å². The molecule has 1 aromatic carbocycles. The van der Waals surface area contributed by atoms with Crippen molar-refractivity contribution in [2.45, 2.75) is 65.1 Å². The number of thiophene rings is 1. The molecule has 0 bridgehead atoms. The maximum atomic E-state index is 15.2. The zero-order valence-electron chi connectivity index (χ0n) is 18.0. The molecule has 1 aliphatic rings. The highest BCUT2D eigenvalue weighted by Crippen LogP contribution is 2.46. The van der Waals surface area contributed by atoms with Crippen molar-refractivity contribution < 1.29 is 19.0 Å². The van der Waals surface area contributed by atoms with Gasteiger partial charge in [-0.3, -0.25) is 0 Å². The standard InChI is InChI=1S/C24H25ClFNO3S/c1-12-18(21(23(28)29)30-24(2,3)4)19(14-10-9-13(25)11-16(14)26)20-15-7-5-6-8-17(15)31-22(20)27-12/h9-11,21H,5-8H2,1-4H3,(H,28,29). The van der Waals surface area contributed by atoms with Gasteiger partial charge in [0.2, 0.25) is 0 Å². The molecule has 0 radical (unpaired) electrons. The first-order valence-corrected chi connectivity index (χ1v) is 11.6. The molecule has 1 atom stereocenters. The molecule has 0 saturated heterocycles. The van der Waals surface area contributed by atoms with Crippen molar-refractivity contribution in [1.29, 1.82) is 0 Å². The Morgan fingerprint density at radius 2 is 2.00 bits per heavy atom. The minimum absolute atomic E-state index is 0.290. The Morgan fingerprint density at radius 1 is 1.29 bits per heavy atom. The Morgan fingerprint density at radius 3 is 2.65 bits per heavy atom. The highest BCUT2D eigenvalue weighted by atomic mass is 35.5. The lowest BCUT2D eigenvalue weighted by Crippen LogP contribution is -2.28. The van der Waals surface area contributed by atoms with E-state index in [2.05, 4.69) is 0 Å². The monoisotopic (exact) mass is 461 g/mol. The lowest BCUT2D eigenvalue weighted by molar-refractivity contribution is -0.160. The number of hydrogen-bond donors (Lipinski definition) is 1. The van der Waals surface area contributed by atoms with Gasteiger partial charge < -0.3 is 9.84 Å². The molecule has 0 spiro atoms. The van der Waals surface area contributed by atoms with Gasteiger partial charge >= 0.3 is 5.97 Å². The minimum Gasteiger partial charge on any atom is -0.479 e. The van der Waals surface area contributed by atoms with Crippen molar-refractivity contribution in [3.63, 3.8) is 0 Å². The summed E-state index contributed by atoms with van der Waals surface area (Å²) >= 11 is 7.64. The smallest absolute Gasteiger partial charge is 0.337 e. The Balaban J connectivity index is 2.12. The highest BCUT2D eigenvalue weighted by Gasteiger charge is 2.34. The van der Waals surface area contributed by atoms with Crippen LogP contribution < -0.4 is 0 Å². The number of carbonyl (C=O) groups is 1. The van der Waals surface area contributed by atoms with Crippen molar-refractivity contribution in [3.8, 4) is 11.1 Å². The topological polar surface area (TPSA) is 59.4 Å². The predicted octanol–water partition coefficient (Wildman–Crippen LogP) is 6.88. The molecule has 0 aliphatic heterocycles. The lowest BCUT2D eigenvalue weighted by Gasteiger charge is -2.28. The van der Waals surface area contributed by atoms with Gasteiger partial charge in [-0.1, -0.05) is 11.6 Å². The number of hydrogen-bond acceptors (Lipinski definition) is 4. The molecule has 164 valence electrons. The number of aliphatic carboxylic acids is 1. The molecule has 0 amide bonds. The molecule has 1 aliphatic carbocycles. The summed E-state index contributed by atoms with van der Waals surface area (Å²) in [7, 11) is 0. The molecule has 0 saturated carbocycles. The van der Waals surface area contributed by atoms with Gasteiger partial charge in [0, 0.05) is 37.7 Å². The molecule has 31 heavy (non-hydrogen) atoms. The highest BCUT2D eigenvalue weighted by molar-refractivity contribution is 7.19. The molecule has 1 N–H and O–H groups in total. The average molecular weight is 462 g/mol. The first-order valence-electron chi connectivity index (χ1n) is 10.4. The number of nitrogens with zero attached hydrogens (tertiary/aromatic N) is 1. The van der Waals surface area contributed by atoms with Crippen LogP contribution in [0.5, 0.6) is 0 Å². The molecule has 3 aromatic rings. The van der Waals surface area contributed by atoms with E-state index < -0.39 is 23.5 Å². The third-order valence-corrected chi connectivity index (χ3v) is 6.91. The van der Waals surface area contributed by atoms with E-state index >= 15 is 4.39 Å². The van der Waals surface area contributed by atoms with Crippen LogP contribution in [0.2, 0.25) is 5.02 Å². The molecule has 4 nitrogen and oxygen atoms in total. The largest absolute Gasteiger partial charge is 0.479 e.